The second-order valence-electron chi connectivity index (χ2n) is 6.58. The average molecular weight is 314 g/mol. The van der Waals surface area contributed by atoms with Gasteiger partial charge < -0.3 is 20.3 Å². The van der Waals surface area contributed by atoms with E-state index in [9.17, 15) is 14.7 Å². The van der Waals surface area contributed by atoms with Gasteiger partial charge in [-0.1, -0.05) is 6.92 Å². The van der Waals surface area contributed by atoms with Crippen LogP contribution in [0.2, 0.25) is 0 Å². The molecule has 0 bridgehead atoms. The molecule has 1 heterocycles. The first-order valence-electron chi connectivity index (χ1n) is 7.09. The molecule has 0 saturated carbocycles. The molecule has 0 fully saturated rings. The Morgan fingerprint density at radius 3 is 1.82 bits per heavy atom. The van der Waals surface area contributed by atoms with Crippen molar-refractivity contribution in [1.29, 1.82) is 0 Å². The van der Waals surface area contributed by atoms with Gasteiger partial charge >= 0.3 is 11.9 Å². The van der Waals surface area contributed by atoms with Crippen molar-refractivity contribution < 1.29 is 24.9 Å². The lowest BCUT2D eigenvalue weighted by Crippen LogP contribution is -2.20. The molecule has 0 saturated heterocycles. The van der Waals surface area contributed by atoms with Crippen LogP contribution in [0.5, 0.6) is 0 Å². The van der Waals surface area contributed by atoms with Crippen molar-refractivity contribution in [3.05, 3.63) is 17.2 Å². The number of nitrogens with zero attached hydrogens (tertiary/aromatic N) is 1. The molecular weight excluding hydrogens is 288 g/mol. The van der Waals surface area contributed by atoms with Crippen LogP contribution >= 0.6 is 0 Å². The van der Waals surface area contributed by atoms with E-state index in [1.807, 2.05) is 6.92 Å². The minimum Gasteiger partial charge on any atom is -0.481 e. The Morgan fingerprint density at radius 1 is 1.14 bits per heavy atom. The smallest absolute Gasteiger partial charge is 0.356 e. The third kappa shape index (κ3) is 6.26. The molecular formula is C15H26N2O5. The van der Waals surface area contributed by atoms with Gasteiger partial charge in [-0.2, -0.15) is 0 Å². The number of H-pyrrole nitrogens is 1. The minimum atomic E-state index is -1.22. The number of nitrogens with one attached hydrogen (secondary N) is 1. The van der Waals surface area contributed by atoms with Crippen molar-refractivity contribution in [3.8, 4) is 0 Å². The van der Waals surface area contributed by atoms with Crippen LogP contribution in [0.3, 0.4) is 0 Å². The summed E-state index contributed by atoms with van der Waals surface area (Å²) in [6.07, 6.45) is 1.55. The Bertz CT molecular complexity index is 521. The van der Waals surface area contributed by atoms with Gasteiger partial charge in [0.15, 0.2) is 5.69 Å². The Kier molecular flexibility index (Phi) is 6.76. The van der Waals surface area contributed by atoms with Crippen molar-refractivity contribution in [2.24, 2.45) is 5.41 Å². The average Bonchev–Trinajstić information content (AvgIpc) is 2.73. The zero-order chi connectivity index (χ0) is 17.7. The molecule has 0 radical (unpaired) electrons. The topological polar surface area (TPSA) is 124 Å². The molecule has 0 aliphatic heterocycles. The SMILES string of the molecule is CC(C)(C)C(=O)O.CCCc1nc(C(=O)O)c(C(C)(C)O)[nH]1. The van der Waals surface area contributed by atoms with E-state index in [0.717, 1.165) is 6.42 Å². The molecule has 126 valence electrons. The molecule has 0 aliphatic rings. The number of aryl methyl sites for hydroxylation is 1. The maximum absolute atomic E-state index is 10.9. The molecule has 7 nitrogen and oxygen atoms in total. The molecule has 1 aromatic heterocycles. The van der Waals surface area contributed by atoms with Gasteiger partial charge in [0.1, 0.15) is 11.4 Å². The second-order valence-corrected chi connectivity index (χ2v) is 6.58. The second kappa shape index (κ2) is 7.40. The molecule has 0 amide bonds. The van der Waals surface area contributed by atoms with E-state index in [1.165, 1.54) is 13.8 Å². The first-order chi connectivity index (χ1) is 9.80. The quantitative estimate of drug-likeness (QED) is 0.676. The lowest BCUT2D eigenvalue weighted by atomic mass is 9.98. The van der Waals surface area contributed by atoms with Gasteiger partial charge in [0.2, 0.25) is 0 Å². The predicted octanol–water partition coefficient (Wildman–Crippen LogP) is 2.40. The summed E-state index contributed by atoms with van der Waals surface area (Å²) in [6.45, 7) is 10.0. The maximum atomic E-state index is 10.9. The number of hydrogen-bond donors (Lipinski definition) is 4. The number of aromatic carboxylic acids is 1. The molecule has 7 heteroatoms. The third-order valence-electron chi connectivity index (χ3n) is 2.70. The van der Waals surface area contributed by atoms with Crippen LogP contribution < -0.4 is 0 Å². The van der Waals surface area contributed by atoms with E-state index in [1.54, 1.807) is 20.8 Å². The standard InChI is InChI=1S/C10H16N2O3.C5H10O2/c1-4-5-6-11-7(9(13)14)8(12-6)10(2,3)15;1-5(2,3)4(6)7/h15H,4-5H2,1-3H3,(H,11,12)(H,13,14);1-3H3,(H,6,7). The van der Waals surface area contributed by atoms with E-state index >= 15 is 0 Å². The van der Waals surface area contributed by atoms with Gasteiger partial charge in [0.05, 0.1) is 11.1 Å². The normalized spacial score (nSPS) is 11.6. The molecule has 1 aromatic rings. The lowest BCUT2D eigenvalue weighted by molar-refractivity contribution is -0.145. The number of carboxylic acids is 2. The van der Waals surface area contributed by atoms with E-state index in [-0.39, 0.29) is 11.4 Å². The maximum Gasteiger partial charge on any atom is 0.356 e. The molecule has 0 spiro atoms. The van der Waals surface area contributed by atoms with Crippen LogP contribution in [-0.2, 0) is 16.8 Å². The molecule has 1 rings (SSSR count). The summed E-state index contributed by atoms with van der Waals surface area (Å²) in [4.78, 5) is 27.7. The number of hydrogen-bond acceptors (Lipinski definition) is 4. The lowest BCUT2D eigenvalue weighted by Gasteiger charge is -2.15. The highest BCUT2D eigenvalue weighted by Crippen LogP contribution is 2.22. The van der Waals surface area contributed by atoms with Crippen LogP contribution in [0.25, 0.3) is 0 Å². The first kappa shape index (κ1) is 20.1. The van der Waals surface area contributed by atoms with Crippen molar-refractivity contribution in [3.63, 3.8) is 0 Å². The number of aliphatic hydroxyl groups is 1. The number of imidazole rings is 1. The van der Waals surface area contributed by atoms with Crippen LogP contribution in [0.1, 0.15) is 70.0 Å². The van der Waals surface area contributed by atoms with E-state index in [0.29, 0.717) is 12.2 Å². The van der Waals surface area contributed by atoms with Crippen LogP contribution in [0, 0.1) is 5.41 Å². The Labute approximate surface area is 130 Å². The van der Waals surface area contributed by atoms with Crippen molar-refractivity contribution in [2.75, 3.05) is 0 Å². The monoisotopic (exact) mass is 314 g/mol. The summed E-state index contributed by atoms with van der Waals surface area (Å²) >= 11 is 0. The minimum absolute atomic E-state index is 0.0917. The van der Waals surface area contributed by atoms with Crippen molar-refractivity contribution in [1.82, 2.24) is 9.97 Å². The first-order valence-corrected chi connectivity index (χ1v) is 7.09. The Balaban J connectivity index is 0.000000534. The Hall–Kier alpha value is -1.89. The number of aliphatic carboxylic acids is 1. The summed E-state index contributed by atoms with van der Waals surface area (Å²) in [5, 5.41) is 26.9. The van der Waals surface area contributed by atoms with Gasteiger partial charge in [-0.25, -0.2) is 9.78 Å². The number of aromatic nitrogens is 2. The molecule has 0 aliphatic carbocycles. The van der Waals surface area contributed by atoms with Gasteiger partial charge in [-0.3, -0.25) is 4.79 Å². The fraction of sp³-hybridized carbons (Fsp3) is 0.667. The highest BCUT2D eigenvalue weighted by molar-refractivity contribution is 5.87. The summed E-state index contributed by atoms with van der Waals surface area (Å²) in [6, 6.07) is 0. The molecule has 4 N–H and O–H groups in total. The van der Waals surface area contributed by atoms with Crippen LogP contribution in [-0.4, -0.2) is 37.2 Å². The summed E-state index contributed by atoms with van der Waals surface area (Å²) in [7, 11) is 0. The largest absolute Gasteiger partial charge is 0.481 e. The zero-order valence-corrected chi connectivity index (χ0v) is 14.0. The molecule has 0 atom stereocenters. The fourth-order valence-electron chi connectivity index (χ4n) is 1.37. The van der Waals surface area contributed by atoms with Crippen molar-refractivity contribution >= 4 is 11.9 Å². The van der Waals surface area contributed by atoms with Gasteiger partial charge in [-0.15, -0.1) is 0 Å². The number of carbonyl (C=O) groups is 2. The van der Waals surface area contributed by atoms with Gasteiger partial charge in [0, 0.05) is 6.42 Å². The highest BCUT2D eigenvalue weighted by atomic mass is 16.4. The van der Waals surface area contributed by atoms with Crippen molar-refractivity contribution in [2.45, 2.75) is 60.0 Å². The summed E-state index contributed by atoms with van der Waals surface area (Å²) in [5.74, 6) is -1.27. The summed E-state index contributed by atoms with van der Waals surface area (Å²) in [5.41, 5.74) is -1.63. The summed E-state index contributed by atoms with van der Waals surface area (Å²) < 4.78 is 0. The van der Waals surface area contributed by atoms with Gasteiger partial charge in [-0.05, 0) is 41.0 Å². The van der Waals surface area contributed by atoms with E-state index in [4.69, 9.17) is 10.2 Å². The van der Waals surface area contributed by atoms with Gasteiger partial charge in [0.25, 0.3) is 0 Å². The fourth-order valence-corrected chi connectivity index (χ4v) is 1.37. The molecule has 22 heavy (non-hydrogen) atoms. The number of aromatic amines is 1. The highest BCUT2D eigenvalue weighted by Gasteiger charge is 2.27. The third-order valence-corrected chi connectivity index (χ3v) is 2.70. The predicted molar refractivity (Wildman–Crippen MR) is 81.9 cm³/mol. The molecule has 0 unspecified atom stereocenters. The van der Waals surface area contributed by atoms with E-state index in [2.05, 4.69) is 9.97 Å². The van der Waals surface area contributed by atoms with Crippen LogP contribution in [0.15, 0.2) is 0 Å². The van der Waals surface area contributed by atoms with E-state index < -0.39 is 23.0 Å². The Morgan fingerprint density at radius 2 is 1.59 bits per heavy atom. The number of carboxylic acid groups (broad SMARTS) is 2. The number of rotatable bonds is 4. The molecule has 0 aromatic carbocycles. The van der Waals surface area contributed by atoms with Crippen LogP contribution in [0.4, 0.5) is 0 Å². The zero-order valence-electron chi connectivity index (χ0n) is 14.0.